The van der Waals surface area contributed by atoms with E-state index < -0.39 is 18.0 Å². The molecule has 2 rings (SSSR count). The van der Waals surface area contributed by atoms with E-state index in [9.17, 15) is 9.59 Å². The number of amides is 1. The molecule has 4 nitrogen and oxygen atoms in total. The monoisotopic (exact) mass is 359 g/mol. The molecule has 0 saturated carbocycles. The molecule has 0 aliphatic rings. The summed E-state index contributed by atoms with van der Waals surface area (Å²) in [6.07, 6.45) is -0.912. The van der Waals surface area contributed by atoms with Crippen molar-refractivity contribution in [1.82, 2.24) is 0 Å². The Kier molecular flexibility index (Phi) is 5.85. The van der Waals surface area contributed by atoms with E-state index in [1.165, 1.54) is 6.92 Å². The van der Waals surface area contributed by atoms with Crippen LogP contribution in [-0.4, -0.2) is 18.0 Å². The van der Waals surface area contributed by atoms with Gasteiger partial charge in [-0.25, -0.2) is 4.79 Å². The van der Waals surface area contributed by atoms with Gasteiger partial charge in [-0.05, 0) is 54.3 Å². The molecule has 1 unspecified atom stereocenters. The van der Waals surface area contributed by atoms with Crippen molar-refractivity contribution in [1.29, 1.82) is 0 Å². The third kappa shape index (κ3) is 5.33. The van der Waals surface area contributed by atoms with Crippen LogP contribution in [0.4, 0.5) is 5.69 Å². The summed E-state index contributed by atoms with van der Waals surface area (Å²) in [4.78, 5) is 24.3. The highest BCUT2D eigenvalue weighted by atomic mass is 35.5. The minimum Gasteiger partial charge on any atom is -0.449 e. The lowest BCUT2D eigenvalue weighted by Gasteiger charge is -2.19. The number of hydrogen-bond acceptors (Lipinski definition) is 3. The molecule has 0 bridgehead atoms. The molecule has 1 N–H and O–H groups in total. The van der Waals surface area contributed by atoms with Gasteiger partial charge in [0.05, 0.1) is 5.56 Å². The summed E-state index contributed by atoms with van der Waals surface area (Å²) in [5.74, 6) is -0.929. The highest BCUT2D eigenvalue weighted by Crippen LogP contribution is 2.22. The van der Waals surface area contributed by atoms with Gasteiger partial charge in [0.25, 0.3) is 5.91 Å². The van der Waals surface area contributed by atoms with E-state index in [1.54, 1.807) is 36.4 Å². The van der Waals surface area contributed by atoms with E-state index in [0.717, 1.165) is 5.56 Å². The summed E-state index contributed by atoms with van der Waals surface area (Å²) in [6, 6.07) is 13.9. The minimum absolute atomic E-state index is 0.00813. The number of anilines is 1. The van der Waals surface area contributed by atoms with Crippen LogP contribution in [-0.2, 0) is 14.9 Å². The molecule has 25 heavy (non-hydrogen) atoms. The molecule has 0 aliphatic carbocycles. The zero-order valence-electron chi connectivity index (χ0n) is 14.8. The van der Waals surface area contributed by atoms with Crippen molar-refractivity contribution in [2.45, 2.75) is 39.2 Å². The van der Waals surface area contributed by atoms with Crippen LogP contribution in [0.25, 0.3) is 0 Å². The summed E-state index contributed by atoms with van der Waals surface area (Å²) >= 11 is 5.80. The summed E-state index contributed by atoms with van der Waals surface area (Å²) < 4.78 is 5.24. The van der Waals surface area contributed by atoms with Crippen molar-refractivity contribution in [3.63, 3.8) is 0 Å². The Morgan fingerprint density at radius 3 is 2.08 bits per heavy atom. The number of ether oxygens (including phenoxy) is 1. The number of halogens is 1. The van der Waals surface area contributed by atoms with Crippen molar-refractivity contribution in [3.8, 4) is 0 Å². The van der Waals surface area contributed by atoms with Gasteiger partial charge in [-0.1, -0.05) is 44.5 Å². The van der Waals surface area contributed by atoms with Crippen molar-refractivity contribution in [2.75, 3.05) is 5.32 Å². The van der Waals surface area contributed by atoms with Crippen LogP contribution in [0.2, 0.25) is 5.02 Å². The standard InChI is InChI=1S/C20H22ClNO3/c1-13(18(23)22-17-11-9-16(21)10-12-17)25-19(24)14-5-7-15(8-6-14)20(2,3)4/h5-13H,1-4H3,(H,22,23). The van der Waals surface area contributed by atoms with Crippen molar-refractivity contribution >= 4 is 29.2 Å². The first-order valence-electron chi connectivity index (χ1n) is 8.05. The first kappa shape index (κ1) is 19.0. The van der Waals surface area contributed by atoms with Crippen LogP contribution in [0, 0.1) is 0 Å². The fraction of sp³-hybridized carbons (Fsp3) is 0.300. The summed E-state index contributed by atoms with van der Waals surface area (Å²) in [7, 11) is 0. The molecule has 132 valence electrons. The predicted octanol–water partition coefficient (Wildman–Crippen LogP) is 4.82. The molecule has 0 fully saturated rings. The third-order valence-electron chi connectivity index (χ3n) is 3.75. The van der Waals surface area contributed by atoms with E-state index >= 15 is 0 Å². The lowest BCUT2D eigenvalue weighted by molar-refractivity contribution is -0.123. The summed E-state index contributed by atoms with van der Waals surface area (Å²) in [6.45, 7) is 7.84. The second-order valence-electron chi connectivity index (χ2n) is 6.87. The highest BCUT2D eigenvalue weighted by Gasteiger charge is 2.20. The molecule has 5 heteroatoms. The van der Waals surface area contributed by atoms with Crippen LogP contribution in [0.1, 0.15) is 43.6 Å². The number of benzene rings is 2. The van der Waals surface area contributed by atoms with Crippen LogP contribution >= 0.6 is 11.6 Å². The van der Waals surface area contributed by atoms with Gasteiger partial charge in [-0.3, -0.25) is 4.79 Å². The number of nitrogens with one attached hydrogen (secondary N) is 1. The van der Waals surface area contributed by atoms with Crippen LogP contribution in [0.5, 0.6) is 0 Å². The van der Waals surface area contributed by atoms with Gasteiger partial charge in [0.15, 0.2) is 6.10 Å². The largest absolute Gasteiger partial charge is 0.449 e. The van der Waals surface area contributed by atoms with E-state index in [4.69, 9.17) is 16.3 Å². The van der Waals surface area contributed by atoms with Crippen molar-refractivity contribution in [2.24, 2.45) is 0 Å². The fourth-order valence-electron chi connectivity index (χ4n) is 2.17. The molecule has 2 aromatic carbocycles. The molecule has 0 aromatic heterocycles. The number of carbonyl (C=O) groups is 2. The van der Waals surface area contributed by atoms with Crippen LogP contribution < -0.4 is 5.32 Å². The maximum Gasteiger partial charge on any atom is 0.338 e. The normalized spacial score (nSPS) is 12.4. The van der Waals surface area contributed by atoms with E-state index in [1.807, 2.05) is 12.1 Å². The number of rotatable bonds is 4. The molecule has 1 atom stereocenters. The van der Waals surface area contributed by atoms with E-state index in [-0.39, 0.29) is 5.41 Å². The Bertz CT molecular complexity index is 746. The molecule has 0 radical (unpaired) electrons. The van der Waals surface area contributed by atoms with Gasteiger partial charge >= 0.3 is 5.97 Å². The van der Waals surface area contributed by atoms with Gasteiger partial charge in [0.2, 0.25) is 0 Å². The topological polar surface area (TPSA) is 55.4 Å². The molecule has 0 spiro atoms. The van der Waals surface area contributed by atoms with Crippen LogP contribution in [0.3, 0.4) is 0 Å². The second-order valence-corrected chi connectivity index (χ2v) is 7.31. The first-order chi connectivity index (χ1) is 11.7. The van der Waals surface area contributed by atoms with Gasteiger partial charge in [-0.15, -0.1) is 0 Å². The van der Waals surface area contributed by atoms with Crippen molar-refractivity contribution in [3.05, 3.63) is 64.7 Å². The predicted molar refractivity (Wildman–Crippen MR) is 100 cm³/mol. The lowest BCUT2D eigenvalue weighted by atomic mass is 9.87. The molecule has 1 amide bonds. The highest BCUT2D eigenvalue weighted by molar-refractivity contribution is 6.30. The zero-order chi connectivity index (χ0) is 18.6. The number of esters is 1. The molecule has 0 aliphatic heterocycles. The smallest absolute Gasteiger partial charge is 0.338 e. The second kappa shape index (κ2) is 7.70. The lowest BCUT2D eigenvalue weighted by Crippen LogP contribution is -2.30. The fourth-order valence-corrected chi connectivity index (χ4v) is 2.29. The van der Waals surface area contributed by atoms with Gasteiger partial charge in [0, 0.05) is 10.7 Å². The molecular formula is C20H22ClNO3. The van der Waals surface area contributed by atoms with E-state index in [0.29, 0.717) is 16.3 Å². The molecular weight excluding hydrogens is 338 g/mol. The Labute approximate surface area is 153 Å². The zero-order valence-corrected chi connectivity index (χ0v) is 15.6. The molecule has 0 heterocycles. The Morgan fingerprint density at radius 1 is 1.00 bits per heavy atom. The third-order valence-corrected chi connectivity index (χ3v) is 4.00. The average Bonchev–Trinajstić information content (AvgIpc) is 2.56. The number of carbonyl (C=O) groups excluding carboxylic acids is 2. The Morgan fingerprint density at radius 2 is 1.56 bits per heavy atom. The quantitative estimate of drug-likeness (QED) is 0.796. The Hall–Kier alpha value is -2.33. The van der Waals surface area contributed by atoms with Gasteiger partial charge in [-0.2, -0.15) is 0 Å². The number of hydrogen-bond donors (Lipinski definition) is 1. The van der Waals surface area contributed by atoms with Crippen molar-refractivity contribution < 1.29 is 14.3 Å². The maximum atomic E-state index is 12.2. The van der Waals surface area contributed by atoms with Gasteiger partial charge < -0.3 is 10.1 Å². The molecule has 2 aromatic rings. The van der Waals surface area contributed by atoms with Gasteiger partial charge in [0.1, 0.15) is 0 Å². The maximum absolute atomic E-state index is 12.2. The Balaban J connectivity index is 1.97. The summed E-state index contributed by atoms with van der Waals surface area (Å²) in [5, 5.41) is 3.26. The SMILES string of the molecule is CC(OC(=O)c1ccc(C(C)(C)C)cc1)C(=O)Nc1ccc(Cl)cc1. The van der Waals surface area contributed by atoms with Crippen LogP contribution in [0.15, 0.2) is 48.5 Å². The molecule has 0 saturated heterocycles. The summed E-state index contributed by atoms with van der Waals surface area (Å²) in [5.41, 5.74) is 2.14. The minimum atomic E-state index is -0.912. The average molecular weight is 360 g/mol. The first-order valence-corrected chi connectivity index (χ1v) is 8.42. The van der Waals surface area contributed by atoms with E-state index in [2.05, 4.69) is 26.1 Å².